The van der Waals surface area contributed by atoms with Crippen molar-refractivity contribution in [3.8, 4) is 0 Å². The molecule has 3 heterocycles. The predicted molar refractivity (Wildman–Crippen MR) is 106 cm³/mol. The van der Waals surface area contributed by atoms with E-state index >= 15 is 0 Å². The number of rotatable bonds is 2. The van der Waals surface area contributed by atoms with E-state index in [0.717, 1.165) is 12.8 Å². The van der Waals surface area contributed by atoms with Crippen molar-refractivity contribution in [1.82, 2.24) is 19.4 Å². The van der Waals surface area contributed by atoms with Crippen LogP contribution < -0.4 is 4.72 Å². The Morgan fingerprint density at radius 3 is 2.44 bits per heavy atom. The van der Waals surface area contributed by atoms with E-state index in [9.17, 15) is 9.00 Å². The lowest BCUT2D eigenvalue weighted by Gasteiger charge is -2.43. The molecule has 0 bridgehead atoms. The number of ether oxygens (including phenoxy) is 1. The van der Waals surface area contributed by atoms with E-state index in [-0.39, 0.29) is 22.3 Å². The van der Waals surface area contributed by atoms with Gasteiger partial charge in [-0.1, -0.05) is 0 Å². The van der Waals surface area contributed by atoms with Gasteiger partial charge in [0, 0.05) is 30.4 Å². The molecular weight excluding hydrogens is 364 g/mol. The first-order chi connectivity index (χ1) is 12.4. The number of piperidine rings is 1. The van der Waals surface area contributed by atoms with Crippen LogP contribution in [0.3, 0.4) is 0 Å². The van der Waals surface area contributed by atoms with Crippen molar-refractivity contribution in [2.75, 3.05) is 13.1 Å². The van der Waals surface area contributed by atoms with Crippen molar-refractivity contribution < 1.29 is 13.7 Å². The standard InChI is InChI=1S/C19H32N4O3S/c1-17(2,3)26-16(24)22-11-8-19(9-12-22)14(21-27(25)18(4,5)6)13-23-15(19)7-10-20-23/h7,10,14,21H,8-9,11-13H2,1-6H3/t14-,27+/m1/s1. The van der Waals surface area contributed by atoms with E-state index < -0.39 is 16.6 Å². The minimum atomic E-state index is -1.15. The van der Waals surface area contributed by atoms with Gasteiger partial charge in [-0.25, -0.2) is 13.7 Å². The summed E-state index contributed by atoms with van der Waals surface area (Å²) in [6, 6.07) is 2.10. The summed E-state index contributed by atoms with van der Waals surface area (Å²) < 4.78 is 23.3. The number of nitrogens with zero attached hydrogens (tertiary/aromatic N) is 3. The minimum absolute atomic E-state index is 0.0436. The first-order valence-electron chi connectivity index (χ1n) is 9.61. The topological polar surface area (TPSA) is 76.5 Å². The number of nitrogens with one attached hydrogen (secondary N) is 1. The molecule has 1 saturated heterocycles. The Balaban J connectivity index is 1.76. The molecule has 1 fully saturated rings. The average Bonchev–Trinajstić information content (AvgIpc) is 3.09. The maximum Gasteiger partial charge on any atom is 0.410 e. The van der Waals surface area contributed by atoms with E-state index in [1.54, 1.807) is 4.90 Å². The monoisotopic (exact) mass is 396 g/mol. The van der Waals surface area contributed by atoms with Crippen LogP contribution in [0.4, 0.5) is 4.79 Å². The van der Waals surface area contributed by atoms with Gasteiger partial charge in [0.25, 0.3) is 0 Å². The van der Waals surface area contributed by atoms with Crippen LogP contribution in [-0.4, -0.2) is 54.5 Å². The summed E-state index contributed by atoms with van der Waals surface area (Å²) in [5.41, 5.74) is 0.525. The maximum atomic E-state index is 12.7. The largest absolute Gasteiger partial charge is 0.444 e. The fourth-order valence-corrected chi connectivity index (χ4v) is 4.81. The molecule has 1 spiro atoms. The number of aromatic nitrogens is 2. The van der Waals surface area contributed by atoms with E-state index in [1.165, 1.54) is 5.69 Å². The Morgan fingerprint density at radius 1 is 1.26 bits per heavy atom. The van der Waals surface area contributed by atoms with Crippen molar-refractivity contribution in [2.24, 2.45) is 0 Å². The van der Waals surface area contributed by atoms with Crippen molar-refractivity contribution in [1.29, 1.82) is 0 Å². The fraction of sp³-hybridized carbons (Fsp3) is 0.789. The average molecular weight is 397 g/mol. The van der Waals surface area contributed by atoms with E-state index in [0.29, 0.717) is 19.6 Å². The van der Waals surface area contributed by atoms with Gasteiger partial charge in [0.1, 0.15) is 5.60 Å². The van der Waals surface area contributed by atoms with Crippen LogP contribution in [0, 0.1) is 0 Å². The normalized spacial score (nSPS) is 23.3. The highest BCUT2D eigenvalue weighted by molar-refractivity contribution is 7.84. The van der Waals surface area contributed by atoms with Gasteiger partial charge in [0.2, 0.25) is 0 Å². The number of amides is 1. The second-order valence-corrected chi connectivity index (χ2v) is 11.6. The molecule has 3 rings (SSSR count). The van der Waals surface area contributed by atoms with E-state index in [1.807, 2.05) is 52.4 Å². The number of fused-ring (bicyclic) bond motifs is 2. The number of carbonyl (C=O) groups excluding carboxylic acids is 1. The van der Waals surface area contributed by atoms with Crippen LogP contribution in [0.2, 0.25) is 0 Å². The molecular formula is C19H32N4O3S. The molecule has 8 heteroatoms. The van der Waals surface area contributed by atoms with Gasteiger partial charge in [-0.3, -0.25) is 4.68 Å². The number of hydrogen-bond donors (Lipinski definition) is 1. The molecule has 7 nitrogen and oxygen atoms in total. The zero-order valence-electron chi connectivity index (χ0n) is 17.2. The van der Waals surface area contributed by atoms with Gasteiger partial charge in [-0.2, -0.15) is 5.10 Å². The van der Waals surface area contributed by atoms with Crippen molar-refractivity contribution in [3.05, 3.63) is 18.0 Å². The van der Waals surface area contributed by atoms with E-state index in [2.05, 4.69) is 15.9 Å². The van der Waals surface area contributed by atoms with Crippen LogP contribution >= 0.6 is 0 Å². The molecule has 2 atom stereocenters. The summed E-state index contributed by atoms with van der Waals surface area (Å²) in [4.78, 5) is 14.2. The van der Waals surface area contributed by atoms with Crippen molar-refractivity contribution >= 4 is 17.1 Å². The lowest BCUT2D eigenvalue weighted by atomic mass is 9.72. The molecule has 0 radical (unpaired) electrons. The second-order valence-electron chi connectivity index (χ2n) is 9.57. The third-order valence-corrected chi connectivity index (χ3v) is 6.97. The van der Waals surface area contributed by atoms with E-state index in [4.69, 9.17) is 4.74 Å². The molecule has 1 aromatic rings. The van der Waals surface area contributed by atoms with Crippen LogP contribution in [-0.2, 0) is 27.7 Å². The first-order valence-corrected chi connectivity index (χ1v) is 10.8. The highest BCUT2D eigenvalue weighted by Crippen LogP contribution is 2.43. The minimum Gasteiger partial charge on any atom is -0.444 e. The zero-order valence-corrected chi connectivity index (χ0v) is 18.1. The fourth-order valence-electron chi connectivity index (χ4n) is 3.90. The van der Waals surface area contributed by atoms with Crippen LogP contribution in [0.5, 0.6) is 0 Å². The molecule has 0 unspecified atom stereocenters. The predicted octanol–water partition coefficient (Wildman–Crippen LogP) is 2.59. The quantitative estimate of drug-likeness (QED) is 0.834. The van der Waals surface area contributed by atoms with Gasteiger partial charge in [0.05, 0.1) is 28.3 Å². The third-order valence-electron chi connectivity index (χ3n) is 5.36. The van der Waals surface area contributed by atoms with Gasteiger partial charge < -0.3 is 9.64 Å². The van der Waals surface area contributed by atoms with Gasteiger partial charge in [-0.05, 0) is 60.5 Å². The molecule has 0 aromatic carbocycles. The number of carbonyl (C=O) groups is 1. The summed E-state index contributed by atoms with van der Waals surface area (Å²) in [6.07, 6.45) is 3.17. The Hall–Kier alpha value is -1.41. The summed E-state index contributed by atoms with van der Waals surface area (Å²) in [5, 5.41) is 4.44. The maximum absolute atomic E-state index is 12.7. The summed E-state index contributed by atoms with van der Waals surface area (Å²) in [5.74, 6) is 0. The number of likely N-dealkylation sites (tertiary alicyclic amines) is 1. The summed E-state index contributed by atoms with van der Waals surface area (Å²) >= 11 is 0. The molecule has 2 aliphatic heterocycles. The SMILES string of the molecule is CC(C)(C)OC(=O)N1CCC2(CC1)c1ccnn1C[C@H]2N[S@@](=O)C(C)(C)C. The lowest BCUT2D eigenvalue weighted by molar-refractivity contribution is 0.0152. The Morgan fingerprint density at radius 2 is 1.89 bits per heavy atom. The Labute approximate surface area is 164 Å². The smallest absolute Gasteiger partial charge is 0.410 e. The lowest BCUT2D eigenvalue weighted by Crippen LogP contribution is -2.55. The molecule has 1 N–H and O–H groups in total. The van der Waals surface area contributed by atoms with Crippen molar-refractivity contribution in [2.45, 2.75) is 82.7 Å². The van der Waals surface area contributed by atoms with Crippen molar-refractivity contribution in [3.63, 3.8) is 0 Å². The highest BCUT2D eigenvalue weighted by Gasteiger charge is 2.51. The Kier molecular flexibility index (Phi) is 5.18. The molecule has 2 aliphatic rings. The zero-order chi connectivity index (χ0) is 20.0. The number of hydrogen-bond acceptors (Lipinski definition) is 4. The van der Waals surface area contributed by atoms with Gasteiger partial charge >= 0.3 is 6.09 Å². The first kappa shape index (κ1) is 20.3. The summed E-state index contributed by atoms with van der Waals surface area (Å²) in [6.45, 7) is 13.5. The molecule has 1 aromatic heterocycles. The Bertz CT molecular complexity index is 724. The summed E-state index contributed by atoms with van der Waals surface area (Å²) in [7, 11) is -1.15. The van der Waals surface area contributed by atoms with Crippen LogP contribution in [0.15, 0.2) is 12.3 Å². The highest BCUT2D eigenvalue weighted by atomic mass is 32.2. The van der Waals surface area contributed by atoms with Crippen LogP contribution in [0.25, 0.3) is 0 Å². The molecule has 27 heavy (non-hydrogen) atoms. The molecule has 0 saturated carbocycles. The second kappa shape index (κ2) is 6.88. The van der Waals surface area contributed by atoms with Gasteiger partial charge in [0.15, 0.2) is 0 Å². The van der Waals surface area contributed by atoms with Crippen LogP contribution in [0.1, 0.15) is 60.1 Å². The molecule has 1 amide bonds. The molecule has 0 aliphatic carbocycles. The third kappa shape index (κ3) is 4.06. The van der Waals surface area contributed by atoms with Gasteiger partial charge in [-0.15, -0.1) is 0 Å². The molecule has 152 valence electrons.